The van der Waals surface area contributed by atoms with E-state index in [0.29, 0.717) is 43.6 Å². The van der Waals surface area contributed by atoms with E-state index in [1.54, 1.807) is 6.07 Å². The van der Waals surface area contributed by atoms with Gasteiger partial charge < -0.3 is 19.2 Å². The number of pyridine rings is 1. The molecule has 0 fully saturated rings. The number of esters is 1. The third-order valence-corrected chi connectivity index (χ3v) is 4.14. The highest BCUT2D eigenvalue weighted by Crippen LogP contribution is 2.24. The zero-order valence-electron chi connectivity index (χ0n) is 14.4. The lowest BCUT2D eigenvalue weighted by molar-refractivity contribution is -0.575. The Hall–Kier alpha value is -2.67. The Labute approximate surface area is 145 Å². The van der Waals surface area contributed by atoms with Gasteiger partial charge in [0.15, 0.2) is 5.52 Å². The van der Waals surface area contributed by atoms with Gasteiger partial charge in [0.2, 0.25) is 11.7 Å². The fourth-order valence-corrected chi connectivity index (χ4v) is 2.97. The summed E-state index contributed by atoms with van der Waals surface area (Å²) in [5.41, 5.74) is 2.11. The van der Waals surface area contributed by atoms with Gasteiger partial charge in [0.05, 0.1) is 18.0 Å². The van der Waals surface area contributed by atoms with Crippen LogP contribution in [0, 0.1) is 5.21 Å². The summed E-state index contributed by atoms with van der Waals surface area (Å²) < 4.78 is 13.1. The molecule has 7 heteroatoms. The van der Waals surface area contributed by atoms with Gasteiger partial charge in [-0.1, -0.05) is 12.1 Å². The molecule has 0 bridgehead atoms. The molecule has 0 saturated carbocycles. The first kappa shape index (κ1) is 17.2. The number of imidazole rings is 1. The number of para-hydroxylation sites is 1. The highest BCUT2D eigenvalue weighted by atomic mass is 16.5. The predicted molar refractivity (Wildman–Crippen MR) is 92.8 cm³/mol. The van der Waals surface area contributed by atoms with Crippen molar-refractivity contribution in [1.82, 2.24) is 9.55 Å². The quantitative estimate of drug-likeness (QED) is 0.374. The minimum Gasteiger partial charge on any atom is -0.618 e. The number of ether oxygens (including phenoxy) is 2. The monoisotopic (exact) mass is 343 g/mol. The molecule has 132 valence electrons. The van der Waals surface area contributed by atoms with Crippen molar-refractivity contribution in [2.45, 2.75) is 32.9 Å². The lowest BCUT2D eigenvalue weighted by Gasteiger charge is -2.10. The number of fused-ring (bicyclic) bond motifs is 3. The van der Waals surface area contributed by atoms with Crippen molar-refractivity contribution in [2.24, 2.45) is 0 Å². The van der Waals surface area contributed by atoms with E-state index in [9.17, 15) is 10.0 Å². The Morgan fingerprint density at radius 1 is 1.36 bits per heavy atom. The van der Waals surface area contributed by atoms with Crippen LogP contribution >= 0.6 is 0 Å². The third-order valence-electron chi connectivity index (χ3n) is 4.14. The van der Waals surface area contributed by atoms with Crippen LogP contribution in [0.3, 0.4) is 0 Å². The standard InChI is InChI=1S/C18H21N3O4/c1-3-25-12-16-19-14-11-21(23)15-8-5-4-7-13(15)18(14)20(16)10-6-9-17(22)24-2/h4-5,7-8,11H,3,6,9-10,12H2,1-2H3. The Balaban J connectivity index is 2.09. The van der Waals surface area contributed by atoms with Crippen LogP contribution < -0.4 is 4.73 Å². The fourth-order valence-electron chi connectivity index (χ4n) is 2.97. The van der Waals surface area contributed by atoms with Crippen molar-refractivity contribution in [3.8, 4) is 0 Å². The first-order valence-electron chi connectivity index (χ1n) is 8.30. The number of aromatic nitrogens is 3. The second kappa shape index (κ2) is 7.48. The summed E-state index contributed by atoms with van der Waals surface area (Å²) in [6, 6.07) is 7.43. The summed E-state index contributed by atoms with van der Waals surface area (Å²) in [6.07, 6.45) is 2.44. The molecular weight excluding hydrogens is 322 g/mol. The van der Waals surface area contributed by atoms with Gasteiger partial charge in [-0.15, -0.1) is 0 Å². The molecule has 0 aliphatic rings. The zero-order valence-corrected chi connectivity index (χ0v) is 14.4. The summed E-state index contributed by atoms with van der Waals surface area (Å²) in [6.45, 7) is 3.45. The molecule has 2 heterocycles. The van der Waals surface area contributed by atoms with Gasteiger partial charge >= 0.3 is 5.97 Å². The molecule has 0 radical (unpaired) electrons. The molecule has 0 saturated heterocycles. The molecule has 3 aromatic rings. The van der Waals surface area contributed by atoms with E-state index in [1.165, 1.54) is 13.3 Å². The SMILES string of the molecule is CCOCc1nc2c[n+]([O-])c3ccccc3c2n1CCCC(=O)OC. The van der Waals surface area contributed by atoms with Crippen LogP contribution in [0.2, 0.25) is 0 Å². The molecule has 0 aliphatic heterocycles. The van der Waals surface area contributed by atoms with E-state index in [2.05, 4.69) is 4.98 Å². The summed E-state index contributed by atoms with van der Waals surface area (Å²) in [5.74, 6) is 0.510. The van der Waals surface area contributed by atoms with E-state index in [1.807, 2.05) is 29.7 Å². The minimum absolute atomic E-state index is 0.238. The predicted octanol–water partition coefficient (Wildman–Crippen LogP) is 2.31. The number of hydrogen-bond donors (Lipinski definition) is 0. The van der Waals surface area contributed by atoms with Crippen LogP contribution in [0.5, 0.6) is 0 Å². The number of carbonyl (C=O) groups is 1. The normalized spacial score (nSPS) is 11.3. The van der Waals surface area contributed by atoms with Gasteiger partial charge in [-0.05, 0) is 19.4 Å². The minimum atomic E-state index is -0.238. The molecule has 0 N–H and O–H groups in total. The maximum Gasteiger partial charge on any atom is 0.305 e. The average molecular weight is 343 g/mol. The first-order chi connectivity index (χ1) is 12.2. The third kappa shape index (κ3) is 3.41. The van der Waals surface area contributed by atoms with Gasteiger partial charge in [0.25, 0.3) is 0 Å². The molecule has 2 aromatic heterocycles. The van der Waals surface area contributed by atoms with Gasteiger partial charge in [-0.2, -0.15) is 4.73 Å². The molecule has 0 unspecified atom stereocenters. The van der Waals surface area contributed by atoms with Crippen LogP contribution in [0.4, 0.5) is 0 Å². The fraction of sp³-hybridized carbons (Fsp3) is 0.389. The molecule has 0 amide bonds. The summed E-state index contributed by atoms with van der Waals surface area (Å²) >= 11 is 0. The second-order valence-corrected chi connectivity index (χ2v) is 5.70. The van der Waals surface area contributed by atoms with Crippen molar-refractivity contribution >= 4 is 27.9 Å². The van der Waals surface area contributed by atoms with Crippen molar-refractivity contribution in [3.05, 3.63) is 41.5 Å². The van der Waals surface area contributed by atoms with Gasteiger partial charge in [0.1, 0.15) is 12.4 Å². The van der Waals surface area contributed by atoms with E-state index < -0.39 is 0 Å². The van der Waals surface area contributed by atoms with E-state index in [-0.39, 0.29) is 5.97 Å². The van der Waals surface area contributed by atoms with Crippen LogP contribution in [0.25, 0.3) is 21.9 Å². The molecule has 3 rings (SSSR count). The summed E-state index contributed by atoms with van der Waals surface area (Å²) in [4.78, 5) is 16.0. The van der Waals surface area contributed by atoms with Crippen LogP contribution in [0.15, 0.2) is 30.5 Å². The van der Waals surface area contributed by atoms with E-state index >= 15 is 0 Å². The molecular formula is C18H21N3O4. The van der Waals surface area contributed by atoms with Crippen molar-refractivity contribution in [2.75, 3.05) is 13.7 Å². The Morgan fingerprint density at radius 2 is 2.16 bits per heavy atom. The lowest BCUT2D eigenvalue weighted by Crippen LogP contribution is -2.26. The van der Waals surface area contributed by atoms with Crippen LogP contribution in [-0.4, -0.2) is 29.2 Å². The lowest BCUT2D eigenvalue weighted by atomic mass is 10.2. The number of benzene rings is 1. The zero-order chi connectivity index (χ0) is 17.8. The van der Waals surface area contributed by atoms with Gasteiger partial charge in [-0.3, -0.25) is 4.79 Å². The summed E-state index contributed by atoms with van der Waals surface area (Å²) in [7, 11) is 1.38. The maximum atomic E-state index is 12.2. The maximum absolute atomic E-state index is 12.2. The second-order valence-electron chi connectivity index (χ2n) is 5.70. The molecule has 0 spiro atoms. The average Bonchev–Trinajstić information content (AvgIpc) is 2.97. The number of aryl methyl sites for hydroxylation is 1. The van der Waals surface area contributed by atoms with Gasteiger partial charge in [0, 0.05) is 25.6 Å². The Kier molecular flexibility index (Phi) is 5.14. The number of methoxy groups -OCH3 is 1. The largest absolute Gasteiger partial charge is 0.618 e. The molecule has 7 nitrogen and oxygen atoms in total. The highest BCUT2D eigenvalue weighted by molar-refractivity contribution is 6.00. The van der Waals surface area contributed by atoms with Crippen LogP contribution in [0.1, 0.15) is 25.6 Å². The van der Waals surface area contributed by atoms with E-state index in [0.717, 1.165) is 21.5 Å². The van der Waals surface area contributed by atoms with Crippen molar-refractivity contribution in [3.63, 3.8) is 0 Å². The summed E-state index contributed by atoms with van der Waals surface area (Å²) in [5, 5.41) is 13.1. The van der Waals surface area contributed by atoms with Crippen molar-refractivity contribution in [1.29, 1.82) is 0 Å². The Morgan fingerprint density at radius 3 is 2.92 bits per heavy atom. The molecule has 1 aromatic carbocycles. The van der Waals surface area contributed by atoms with Gasteiger partial charge in [-0.25, -0.2) is 4.98 Å². The number of nitrogens with zero attached hydrogens (tertiary/aromatic N) is 3. The number of carbonyl (C=O) groups excluding carboxylic acids is 1. The van der Waals surface area contributed by atoms with E-state index in [4.69, 9.17) is 9.47 Å². The van der Waals surface area contributed by atoms with Crippen LogP contribution in [-0.2, 0) is 27.4 Å². The molecule has 25 heavy (non-hydrogen) atoms. The smallest absolute Gasteiger partial charge is 0.305 e. The van der Waals surface area contributed by atoms with Crippen molar-refractivity contribution < 1.29 is 19.0 Å². The first-order valence-corrected chi connectivity index (χ1v) is 8.30. The number of hydrogen-bond acceptors (Lipinski definition) is 5. The topological polar surface area (TPSA) is 80.3 Å². The Bertz CT molecular complexity index is 904. The highest BCUT2D eigenvalue weighted by Gasteiger charge is 2.18. The molecule has 0 atom stereocenters. The number of rotatable bonds is 7. The molecule has 0 aliphatic carbocycles.